The molecule has 0 aromatic carbocycles. The second kappa shape index (κ2) is 5.51. The molecule has 0 rings (SSSR count). The molecule has 0 amide bonds. The lowest BCUT2D eigenvalue weighted by Crippen LogP contribution is -2.15. The van der Waals surface area contributed by atoms with Crippen molar-refractivity contribution in [1.29, 1.82) is 0 Å². The summed E-state index contributed by atoms with van der Waals surface area (Å²) >= 11 is 0. The highest BCUT2D eigenvalue weighted by atomic mass is 14.8. The van der Waals surface area contributed by atoms with Gasteiger partial charge < -0.3 is 5.32 Å². The quantitative estimate of drug-likeness (QED) is 0.555. The van der Waals surface area contributed by atoms with Gasteiger partial charge in [0.2, 0.25) is 0 Å². The van der Waals surface area contributed by atoms with E-state index in [4.69, 9.17) is 0 Å². The molecule has 0 bridgehead atoms. The molecule has 2 heteroatoms. The summed E-state index contributed by atoms with van der Waals surface area (Å²) in [6.45, 7) is 7.66. The molecule has 9 heavy (non-hydrogen) atoms. The van der Waals surface area contributed by atoms with Crippen molar-refractivity contribution in [3.8, 4) is 0 Å². The minimum absolute atomic E-state index is 0.841. The van der Waals surface area contributed by atoms with Crippen molar-refractivity contribution in [1.82, 2.24) is 5.32 Å². The average molecular weight is 126 g/mol. The molecule has 0 aromatic rings. The van der Waals surface area contributed by atoms with E-state index < -0.39 is 0 Å². The zero-order valence-electron chi connectivity index (χ0n) is 6.15. The summed E-state index contributed by atoms with van der Waals surface area (Å²) in [4.78, 5) is 3.82. The van der Waals surface area contributed by atoms with Crippen molar-refractivity contribution < 1.29 is 0 Å². The standard InChI is InChI=1S/C7H14N2/c1-4-9-6-7(2)5-8-3/h5,9H,2,4,6H2,1,3H3. The summed E-state index contributed by atoms with van der Waals surface area (Å²) in [5.41, 5.74) is 1.03. The number of aliphatic imine (C=N–C) groups is 1. The number of nitrogens with zero attached hydrogens (tertiary/aromatic N) is 1. The van der Waals surface area contributed by atoms with E-state index in [2.05, 4.69) is 23.8 Å². The Morgan fingerprint density at radius 2 is 2.44 bits per heavy atom. The van der Waals surface area contributed by atoms with Gasteiger partial charge in [0.15, 0.2) is 0 Å². The third kappa shape index (κ3) is 5.24. The maximum absolute atomic E-state index is 3.82. The van der Waals surface area contributed by atoms with Crippen molar-refractivity contribution in [2.24, 2.45) is 4.99 Å². The molecule has 0 aliphatic carbocycles. The smallest absolute Gasteiger partial charge is 0.0277 e. The van der Waals surface area contributed by atoms with Crippen LogP contribution in [0, 0.1) is 0 Å². The van der Waals surface area contributed by atoms with E-state index in [9.17, 15) is 0 Å². The van der Waals surface area contributed by atoms with Crippen molar-refractivity contribution in [2.45, 2.75) is 6.92 Å². The van der Waals surface area contributed by atoms with Gasteiger partial charge in [-0.05, 0) is 12.1 Å². The molecular formula is C7H14N2. The van der Waals surface area contributed by atoms with Crippen molar-refractivity contribution in [3.63, 3.8) is 0 Å². The largest absolute Gasteiger partial charge is 0.313 e. The van der Waals surface area contributed by atoms with Gasteiger partial charge in [0.1, 0.15) is 0 Å². The molecule has 0 saturated carbocycles. The SMILES string of the molecule is C=C(C=NC)CNCC. The molecule has 0 radical (unpaired) electrons. The van der Waals surface area contributed by atoms with Crippen LogP contribution in [0.4, 0.5) is 0 Å². The van der Waals surface area contributed by atoms with Crippen LogP contribution in [0.2, 0.25) is 0 Å². The van der Waals surface area contributed by atoms with E-state index in [1.165, 1.54) is 0 Å². The van der Waals surface area contributed by atoms with Gasteiger partial charge in [0.25, 0.3) is 0 Å². The first-order valence-corrected chi connectivity index (χ1v) is 3.12. The normalized spacial score (nSPS) is 10.4. The molecule has 0 unspecified atom stereocenters. The predicted octanol–water partition coefficient (Wildman–Crippen LogP) is 0.853. The van der Waals surface area contributed by atoms with E-state index in [0.717, 1.165) is 18.7 Å². The van der Waals surface area contributed by atoms with Crippen LogP contribution >= 0.6 is 0 Å². The maximum atomic E-state index is 3.82. The van der Waals surface area contributed by atoms with Gasteiger partial charge >= 0.3 is 0 Å². The highest BCUT2D eigenvalue weighted by Gasteiger charge is 1.83. The Hall–Kier alpha value is -0.630. The highest BCUT2D eigenvalue weighted by molar-refractivity contribution is 5.77. The van der Waals surface area contributed by atoms with Crippen LogP contribution in [-0.4, -0.2) is 26.4 Å². The molecule has 0 aliphatic rings. The molecule has 1 N–H and O–H groups in total. The van der Waals surface area contributed by atoms with Crippen LogP contribution in [0.3, 0.4) is 0 Å². The molecule has 52 valence electrons. The fraction of sp³-hybridized carbons (Fsp3) is 0.571. The van der Waals surface area contributed by atoms with Gasteiger partial charge in [-0.3, -0.25) is 4.99 Å². The molecule has 0 saturated heterocycles. The maximum Gasteiger partial charge on any atom is 0.0277 e. The van der Waals surface area contributed by atoms with Gasteiger partial charge in [0.05, 0.1) is 0 Å². The Kier molecular flexibility index (Phi) is 5.12. The van der Waals surface area contributed by atoms with E-state index in [0.29, 0.717) is 0 Å². The number of likely N-dealkylation sites (N-methyl/N-ethyl adjacent to an activating group) is 1. The minimum atomic E-state index is 0.841. The first-order chi connectivity index (χ1) is 4.31. The van der Waals surface area contributed by atoms with Crippen LogP contribution in [0.1, 0.15) is 6.92 Å². The lowest BCUT2D eigenvalue weighted by Gasteiger charge is -1.97. The zero-order chi connectivity index (χ0) is 7.11. The third-order valence-electron chi connectivity index (χ3n) is 0.914. The number of hydrogen-bond donors (Lipinski definition) is 1. The number of hydrogen-bond acceptors (Lipinski definition) is 2. The van der Waals surface area contributed by atoms with Crippen LogP contribution in [-0.2, 0) is 0 Å². The van der Waals surface area contributed by atoms with Crippen LogP contribution in [0.25, 0.3) is 0 Å². The Balaban J connectivity index is 3.27. The van der Waals surface area contributed by atoms with Gasteiger partial charge in [0, 0.05) is 19.8 Å². The molecule has 2 nitrogen and oxygen atoms in total. The highest BCUT2D eigenvalue weighted by Crippen LogP contribution is 1.79. The summed E-state index contributed by atoms with van der Waals surface area (Å²) in [5.74, 6) is 0. The van der Waals surface area contributed by atoms with E-state index in [-0.39, 0.29) is 0 Å². The van der Waals surface area contributed by atoms with E-state index in [1.54, 1.807) is 13.3 Å². The van der Waals surface area contributed by atoms with E-state index >= 15 is 0 Å². The molecule has 0 aromatic heterocycles. The minimum Gasteiger partial charge on any atom is -0.313 e. The van der Waals surface area contributed by atoms with Crippen LogP contribution in [0.5, 0.6) is 0 Å². The molecule has 0 fully saturated rings. The summed E-state index contributed by atoms with van der Waals surface area (Å²) < 4.78 is 0. The van der Waals surface area contributed by atoms with Gasteiger partial charge in [-0.2, -0.15) is 0 Å². The Morgan fingerprint density at radius 3 is 2.89 bits per heavy atom. The van der Waals surface area contributed by atoms with Crippen molar-refractivity contribution in [3.05, 3.63) is 12.2 Å². The summed E-state index contributed by atoms with van der Waals surface area (Å²) in [6, 6.07) is 0. The lowest BCUT2D eigenvalue weighted by atomic mass is 10.3. The van der Waals surface area contributed by atoms with Crippen molar-refractivity contribution in [2.75, 3.05) is 20.1 Å². The molecule has 0 atom stereocenters. The monoisotopic (exact) mass is 126 g/mol. The first kappa shape index (κ1) is 8.37. The average Bonchev–Trinajstić information content (AvgIpc) is 1.85. The third-order valence-corrected chi connectivity index (χ3v) is 0.914. The summed E-state index contributed by atoms with van der Waals surface area (Å²) in [6.07, 6.45) is 1.77. The summed E-state index contributed by atoms with van der Waals surface area (Å²) in [7, 11) is 1.75. The molecular weight excluding hydrogens is 112 g/mol. The fourth-order valence-electron chi connectivity index (χ4n) is 0.514. The molecule has 0 aliphatic heterocycles. The van der Waals surface area contributed by atoms with Crippen LogP contribution < -0.4 is 5.32 Å². The van der Waals surface area contributed by atoms with Gasteiger partial charge in [-0.15, -0.1) is 0 Å². The second-order valence-electron chi connectivity index (χ2n) is 1.83. The van der Waals surface area contributed by atoms with Crippen molar-refractivity contribution >= 4 is 6.21 Å². The number of nitrogens with one attached hydrogen (secondary N) is 1. The Bertz CT molecular complexity index is 105. The Labute approximate surface area is 56.7 Å². The van der Waals surface area contributed by atoms with Gasteiger partial charge in [-0.1, -0.05) is 13.5 Å². The topological polar surface area (TPSA) is 24.4 Å². The number of rotatable bonds is 4. The van der Waals surface area contributed by atoms with Gasteiger partial charge in [-0.25, -0.2) is 0 Å². The molecule has 0 spiro atoms. The first-order valence-electron chi connectivity index (χ1n) is 3.12. The Morgan fingerprint density at radius 1 is 1.78 bits per heavy atom. The summed E-state index contributed by atoms with van der Waals surface area (Å²) in [5, 5.41) is 3.14. The second-order valence-corrected chi connectivity index (χ2v) is 1.83. The predicted molar refractivity (Wildman–Crippen MR) is 42.1 cm³/mol. The lowest BCUT2D eigenvalue weighted by molar-refractivity contribution is 0.791. The van der Waals surface area contributed by atoms with Crippen LogP contribution in [0.15, 0.2) is 17.1 Å². The van der Waals surface area contributed by atoms with E-state index in [1.807, 2.05) is 0 Å². The fourth-order valence-corrected chi connectivity index (χ4v) is 0.514. The molecule has 0 heterocycles. The zero-order valence-corrected chi connectivity index (χ0v) is 6.15.